The number of carbonyl (C=O) groups is 1. The maximum Gasteiger partial charge on any atom is 0.302 e. The van der Waals surface area contributed by atoms with Crippen molar-refractivity contribution in [3.05, 3.63) is 43.5 Å². The highest BCUT2D eigenvalue weighted by atomic mass is 79.9. The standard InChI is InChI=1S/C9H11BrClN3.C5H10N.C4HBrCl2N2.C4H8O2/c10-7-5-12-9(11)14-8(7)13-6-3-1-2-4-6;6-5-3-1-2-4-5;5-2-1-8-4(7)9-3(2)6;1-3-6-4(2)5/h5-6H,1-4H2,(H,12,13,14);3,5H,1-2,4,6H2;1H;3H2,1-2H3/q;+1;;. The highest BCUT2D eigenvalue weighted by Crippen LogP contribution is 2.26. The van der Waals surface area contributed by atoms with Gasteiger partial charge in [-0.1, -0.05) is 24.4 Å². The van der Waals surface area contributed by atoms with Crippen LogP contribution in [0.4, 0.5) is 5.82 Å². The number of nitrogens with two attached hydrogens (primary N) is 1. The van der Waals surface area contributed by atoms with Gasteiger partial charge in [-0.15, -0.1) is 0 Å². The Bertz CT molecular complexity index is 901. The molecule has 8 nitrogen and oxygen atoms in total. The van der Waals surface area contributed by atoms with E-state index >= 15 is 0 Å². The molecule has 2 fully saturated rings. The van der Waals surface area contributed by atoms with Crippen molar-refractivity contribution >= 4 is 78.4 Å². The zero-order chi connectivity index (χ0) is 26.2. The number of esters is 1. The normalized spacial score (nSPS) is 16.4. The molecule has 0 aromatic carbocycles. The van der Waals surface area contributed by atoms with Crippen LogP contribution in [0.2, 0.25) is 15.7 Å². The van der Waals surface area contributed by atoms with E-state index in [4.69, 9.17) is 40.5 Å². The van der Waals surface area contributed by atoms with Crippen molar-refractivity contribution < 1.29 is 9.53 Å². The van der Waals surface area contributed by atoms with Crippen molar-refractivity contribution in [2.45, 2.75) is 70.9 Å². The lowest BCUT2D eigenvalue weighted by atomic mass is 10.2. The lowest BCUT2D eigenvalue weighted by molar-refractivity contribution is -0.140. The van der Waals surface area contributed by atoms with Gasteiger partial charge in [0.05, 0.1) is 28.4 Å². The predicted molar refractivity (Wildman–Crippen MR) is 149 cm³/mol. The maximum atomic E-state index is 9.82. The Morgan fingerprint density at radius 1 is 1.09 bits per heavy atom. The molecule has 2 saturated carbocycles. The first-order chi connectivity index (χ1) is 16.6. The van der Waals surface area contributed by atoms with Gasteiger partial charge >= 0.3 is 5.97 Å². The van der Waals surface area contributed by atoms with Gasteiger partial charge in [-0.2, -0.15) is 4.98 Å². The Morgan fingerprint density at radius 2 is 1.69 bits per heavy atom. The lowest BCUT2D eigenvalue weighted by Gasteiger charge is -2.13. The Kier molecular flexibility index (Phi) is 16.8. The molecule has 0 spiro atoms. The van der Waals surface area contributed by atoms with E-state index < -0.39 is 0 Å². The molecule has 2 aromatic rings. The highest BCUT2D eigenvalue weighted by Gasteiger charge is 2.18. The number of hydrogen-bond acceptors (Lipinski definition) is 8. The fourth-order valence-electron chi connectivity index (χ4n) is 3.04. The molecule has 0 amide bonds. The Balaban J connectivity index is 0.000000252. The third kappa shape index (κ3) is 15.1. The van der Waals surface area contributed by atoms with Gasteiger partial charge in [0.25, 0.3) is 0 Å². The average Bonchev–Trinajstić information content (AvgIpc) is 3.49. The van der Waals surface area contributed by atoms with E-state index in [1.165, 1.54) is 58.1 Å². The van der Waals surface area contributed by atoms with Crippen molar-refractivity contribution in [2.24, 2.45) is 5.73 Å². The molecule has 3 N–H and O–H groups in total. The molecule has 2 heterocycles. The minimum absolute atomic E-state index is 0.156. The van der Waals surface area contributed by atoms with Crippen LogP contribution in [-0.4, -0.2) is 44.6 Å². The maximum absolute atomic E-state index is 9.82. The van der Waals surface area contributed by atoms with E-state index in [-0.39, 0.29) is 16.5 Å². The monoisotopic (exact) mass is 673 g/mol. The second kappa shape index (κ2) is 18.4. The van der Waals surface area contributed by atoms with Crippen LogP contribution in [0, 0.1) is 6.42 Å². The second-order valence-electron chi connectivity index (χ2n) is 7.49. The van der Waals surface area contributed by atoms with Gasteiger partial charge in [-0.05, 0) is 81.2 Å². The summed E-state index contributed by atoms with van der Waals surface area (Å²) in [4.78, 5) is 25.1. The summed E-state index contributed by atoms with van der Waals surface area (Å²) < 4.78 is 5.92. The molecule has 1 unspecified atom stereocenters. The highest BCUT2D eigenvalue weighted by molar-refractivity contribution is 9.11. The minimum Gasteiger partial charge on any atom is -0.466 e. The molecule has 1 atom stereocenters. The van der Waals surface area contributed by atoms with E-state index in [1.54, 1.807) is 13.1 Å². The van der Waals surface area contributed by atoms with Crippen molar-refractivity contribution in [3.63, 3.8) is 0 Å². The summed E-state index contributed by atoms with van der Waals surface area (Å²) in [6.45, 7) is 3.65. The number of carbonyl (C=O) groups excluding carboxylic acids is 1. The SMILES string of the molecule is CCOC(C)=O.Clc1ncc(Br)c(Cl)n1.Clc1ncc(Br)c(NC2CCCC2)n1.NC1[CH+]CCC1. The molecule has 13 heteroatoms. The van der Waals surface area contributed by atoms with E-state index in [9.17, 15) is 4.79 Å². The molecule has 35 heavy (non-hydrogen) atoms. The van der Waals surface area contributed by atoms with Crippen molar-refractivity contribution in [3.8, 4) is 0 Å². The fraction of sp³-hybridized carbons (Fsp3) is 0.545. The number of anilines is 1. The molecule has 194 valence electrons. The van der Waals surface area contributed by atoms with Crippen LogP contribution in [0.15, 0.2) is 21.3 Å². The molecular formula is C22H30Br2Cl3N6O2+. The smallest absolute Gasteiger partial charge is 0.302 e. The number of nitrogens with zero attached hydrogens (tertiary/aromatic N) is 4. The molecule has 0 saturated heterocycles. The third-order valence-corrected chi connectivity index (χ3v) is 6.68. The first-order valence-corrected chi connectivity index (χ1v) is 13.8. The summed E-state index contributed by atoms with van der Waals surface area (Å²) in [5.74, 6) is 0.592. The van der Waals surface area contributed by atoms with Gasteiger partial charge in [0, 0.05) is 31.8 Å². The van der Waals surface area contributed by atoms with Crippen molar-refractivity contribution in [1.29, 1.82) is 0 Å². The van der Waals surface area contributed by atoms with E-state index in [0.717, 1.165) is 10.3 Å². The third-order valence-electron chi connectivity index (χ3n) is 4.64. The second-order valence-corrected chi connectivity index (χ2v) is 10.2. The van der Waals surface area contributed by atoms with E-state index in [1.807, 2.05) is 0 Å². The molecule has 0 radical (unpaired) electrons. The van der Waals surface area contributed by atoms with Gasteiger partial charge in [0.2, 0.25) is 10.6 Å². The van der Waals surface area contributed by atoms with Crippen LogP contribution in [0.3, 0.4) is 0 Å². The van der Waals surface area contributed by atoms with Crippen LogP contribution in [-0.2, 0) is 9.53 Å². The minimum atomic E-state index is -0.211. The molecule has 0 bridgehead atoms. The summed E-state index contributed by atoms with van der Waals surface area (Å²) in [6.07, 6.45) is 14.1. The van der Waals surface area contributed by atoms with Crippen LogP contribution in [0.25, 0.3) is 0 Å². The van der Waals surface area contributed by atoms with E-state index in [0.29, 0.717) is 28.3 Å². The average molecular weight is 677 g/mol. The zero-order valence-corrected chi connectivity index (χ0v) is 25.1. The zero-order valence-electron chi connectivity index (χ0n) is 19.6. The molecule has 2 aliphatic rings. The lowest BCUT2D eigenvalue weighted by Crippen LogP contribution is -2.16. The van der Waals surface area contributed by atoms with Gasteiger partial charge in [0.15, 0.2) is 0 Å². The van der Waals surface area contributed by atoms with Crippen molar-refractivity contribution in [2.75, 3.05) is 11.9 Å². The largest absolute Gasteiger partial charge is 0.466 e. The molecule has 2 aliphatic carbocycles. The van der Waals surface area contributed by atoms with Crippen LogP contribution in [0.5, 0.6) is 0 Å². The number of halogens is 5. The van der Waals surface area contributed by atoms with Crippen LogP contribution < -0.4 is 11.1 Å². The van der Waals surface area contributed by atoms with Crippen LogP contribution >= 0.6 is 66.7 Å². The molecule has 2 aromatic heterocycles. The Morgan fingerprint density at radius 3 is 2.09 bits per heavy atom. The Hall–Kier alpha value is -0.910. The molecule has 4 rings (SSSR count). The number of aromatic nitrogens is 4. The van der Waals surface area contributed by atoms with Gasteiger partial charge < -0.3 is 10.1 Å². The number of nitrogens with one attached hydrogen (secondary N) is 1. The first kappa shape index (κ1) is 32.1. The molecule has 0 aliphatic heterocycles. The van der Waals surface area contributed by atoms with Crippen molar-refractivity contribution in [1.82, 2.24) is 19.9 Å². The summed E-state index contributed by atoms with van der Waals surface area (Å²) in [5.41, 5.74) is 5.48. The van der Waals surface area contributed by atoms with Gasteiger partial charge in [-0.3, -0.25) is 10.5 Å². The van der Waals surface area contributed by atoms with Gasteiger partial charge in [-0.25, -0.2) is 15.0 Å². The predicted octanol–water partition coefficient (Wildman–Crippen LogP) is 7.06. The topological polar surface area (TPSA) is 116 Å². The number of ether oxygens (including phenoxy) is 1. The number of hydrogen-bond donors (Lipinski definition) is 2. The number of rotatable bonds is 3. The fourth-order valence-corrected chi connectivity index (χ4v) is 3.98. The summed E-state index contributed by atoms with van der Waals surface area (Å²) in [6, 6.07) is 0.960. The van der Waals surface area contributed by atoms with Gasteiger partial charge in [0.1, 0.15) is 17.0 Å². The summed E-state index contributed by atoms with van der Waals surface area (Å²) in [7, 11) is 0. The Labute approximate surface area is 238 Å². The summed E-state index contributed by atoms with van der Waals surface area (Å²) in [5, 5.41) is 4.14. The molecular weight excluding hydrogens is 646 g/mol. The van der Waals surface area contributed by atoms with Crippen LogP contribution in [0.1, 0.15) is 58.8 Å². The van der Waals surface area contributed by atoms with E-state index in [2.05, 4.69) is 68.3 Å². The quantitative estimate of drug-likeness (QED) is 0.154. The first-order valence-electron chi connectivity index (χ1n) is 11.1. The summed E-state index contributed by atoms with van der Waals surface area (Å²) >= 11 is 23.1.